The Bertz CT molecular complexity index is 3100. The Morgan fingerprint density at radius 1 is 0.368 bits per heavy atom. The van der Waals surface area contributed by atoms with E-state index in [1.165, 1.54) is 64.7 Å². The molecule has 2 aliphatic rings. The number of para-hydroxylation sites is 2. The fraction of sp³-hybridized carbons (Fsp3) is 0.0192. The van der Waals surface area contributed by atoms with E-state index in [2.05, 4.69) is 163 Å². The van der Waals surface area contributed by atoms with Crippen LogP contribution in [0.5, 0.6) is 0 Å². The van der Waals surface area contributed by atoms with Gasteiger partial charge in [-0.2, -0.15) is 9.97 Å². The highest BCUT2D eigenvalue weighted by Gasteiger charge is 2.52. The summed E-state index contributed by atoms with van der Waals surface area (Å²) in [6, 6.07) is 69.8. The lowest BCUT2D eigenvalue weighted by molar-refractivity contribution is 0.749. The van der Waals surface area contributed by atoms with Gasteiger partial charge < -0.3 is 0 Å². The van der Waals surface area contributed by atoms with Crippen LogP contribution in [-0.4, -0.2) is 15.0 Å². The molecule has 266 valence electrons. The first kappa shape index (κ1) is 32.1. The number of fused-ring (bicyclic) bond motifs is 12. The van der Waals surface area contributed by atoms with Gasteiger partial charge in [0, 0.05) is 31.3 Å². The van der Waals surface area contributed by atoms with Crippen molar-refractivity contribution in [2.45, 2.75) is 5.41 Å². The minimum Gasteiger partial charge on any atom is -0.278 e. The molecule has 1 aliphatic heterocycles. The highest BCUT2D eigenvalue weighted by atomic mass is 32.1. The largest absolute Gasteiger partial charge is 0.278 e. The van der Waals surface area contributed by atoms with E-state index < -0.39 is 5.41 Å². The van der Waals surface area contributed by atoms with Crippen LogP contribution >= 0.6 is 11.3 Å². The summed E-state index contributed by atoms with van der Waals surface area (Å²) in [5.74, 6) is 1.84. The lowest BCUT2D eigenvalue weighted by Crippen LogP contribution is -2.36. The maximum atomic E-state index is 5.25. The molecule has 4 nitrogen and oxygen atoms in total. The van der Waals surface area contributed by atoms with Crippen LogP contribution in [0.3, 0.4) is 0 Å². The Morgan fingerprint density at radius 2 is 0.895 bits per heavy atom. The third-order valence-corrected chi connectivity index (χ3v) is 12.9. The first-order chi connectivity index (χ1) is 28.3. The Kier molecular flexibility index (Phi) is 6.98. The normalized spacial score (nSPS) is 13.4. The molecular formula is C52H32N4S. The van der Waals surface area contributed by atoms with Crippen molar-refractivity contribution >= 4 is 48.8 Å². The number of nitrogens with zero attached hydrogens (tertiary/aromatic N) is 4. The van der Waals surface area contributed by atoms with Gasteiger partial charge in [-0.15, -0.1) is 11.3 Å². The molecule has 0 saturated carbocycles. The molecule has 1 aliphatic carbocycles. The minimum atomic E-state index is -0.595. The lowest BCUT2D eigenvalue weighted by atomic mass is 9.64. The van der Waals surface area contributed by atoms with E-state index in [-0.39, 0.29) is 0 Å². The molecule has 0 bridgehead atoms. The first-order valence-electron chi connectivity index (χ1n) is 19.3. The summed E-state index contributed by atoms with van der Waals surface area (Å²) in [5.41, 5.74) is 13.2. The second kappa shape index (κ2) is 12.4. The average molecular weight is 745 g/mol. The zero-order chi connectivity index (χ0) is 37.5. The predicted octanol–water partition coefficient (Wildman–Crippen LogP) is 13.4. The molecule has 8 aromatic carbocycles. The molecule has 2 aromatic heterocycles. The smallest absolute Gasteiger partial charge is 0.238 e. The fourth-order valence-electron chi connectivity index (χ4n) is 9.30. The summed E-state index contributed by atoms with van der Waals surface area (Å²) in [5, 5.41) is 2.61. The van der Waals surface area contributed by atoms with Gasteiger partial charge in [0.2, 0.25) is 5.95 Å². The van der Waals surface area contributed by atoms with Crippen molar-refractivity contribution < 1.29 is 0 Å². The van der Waals surface area contributed by atoms with Crippen molar-refractivity contribution in [2.75, 3.05) is 4.90 Å². The number of hydrogen-bond acceptors (Lipinski definition) is 5. The predicted molar refractivity (Wildman–Crippen MR) is 235 cm³/mol. The molecule has 0 saturated heterocycles. The number of anilines is 3. The molecule has 0 radical (unpaired) electrons. The van der Waals surface area contributed by atoms with Crippen molar-refractivity contribution in [1.29, 1.82) is 0 Å². The number of rotatable bonds is 4. The topological polar surface area (TPSA) is 41.9 Å². The maximum absolute atomic E-state index is 5.25. The quantitative estimate of drug-likeness (QED) is 0.180. The van der Waals surface area contributed by atoms with E-state index in [9.17, 15) is 0 Å². The van der Waals surface area contributed by atoms with Gasteiger partial charge in [-0.1, -0.05) is 158 Å². The summed E-state index contributed by atoms with van der Waals surface area (Å²) in [4.78, 5) is 17.8. The zero-order valence-corrected chi connectivity index (χ0v) is 31.5. The highest BCUT2D eigenvalue weighted by Crippen LogP contribution is 2.63. The van der Waals surface area contributed by atoms with Crippen LogP contribution in [0.25, 0.3) is 65.2 Å². The molecule has 57 heavy (non-hydrogen) atoms. The van der Waals surface area contributed by atoms with Gasteiger partial charge >= 0.3 is 0 Å². The van der Waals surface area contributed by atoms with E-state index in [1.54, 1.807) is 0 Å². The molecule has 3 heterocycles. The van der Waals surface area contributed by atoms with Gasteiger partial charge in [-0.3, -0.25) is 4.90 Å². The molecule has 0 unspecified atom stereocenters. The fourth-order valence-corrected chi connectivity index (χ4v) is 10.4. The van der Waals surface area contributed by atoms with Crippen molar-refractivity contribution in [3.63, 3.8) is 0 Å². The van der Waals surface area contributed by atoms with E-state index in [0.29, 0.717) is 17.6 Å². The van der Waals surface area contributed by atoms with Crippen LogP contribution in [0.4, 0.5) is 17.3 Å². The van der Waals surface area contributed by atoms with Gasteiger partial charge in [0.15, 0.2) is 11.6 Å². The van der Waals surface area contributed by atoms with Crippen LogP contribution in [0.2, 0.25) is 0 Å². The summed E-state index contributed by atoms with van der Waals surface area (Å²) in [6.45, 7) is 0. The Labute approximate surface area is 334 Å². The second-order valence-corrected chi connectivity index (χ2v) is 15.8. The van der Waals surface area contributed by atoms with Crippen LogP contribution in [0.15, 0.2) is 194 Å². The van der Waals surface area contributed by atoms with Crippen LogP contribution in [0.1, 0.15) is 22.3 Å². The number of hydrogen-bond donors (Lipinski definition) is 0. The molecular weight excluding hydrogens is 713 g/mol. The Hall–Kier alpha value is -7.21. The van der Waals surface area contributed by atoms with Gasteiger partial charge in [-0.25, -0.2) is 4.98 Å². The Morgan fingerprint density at radius 3 is 1.60 bits per heavy atom. The van der Waals surface area contributed by atoms with Crippen LogP contribution in [0, 0.1) is 0 Å². The van der Waals surface area contributed by atoms with Crippen LogP contribution in [-0.2, 0) is 5.41 Å². The molecule has 10 aromatic rings. The molecule has 0 amide bonds. The first-order valence-corrected chi connectivity index (χ1v) is 20.1. The SMILES string of the molecule is c1ccc(-c2nc(-c3ccccc3)nc(N3c4ccccc4C4(c5ccccc5-c5ccc(-c6ccc7sc8ccccc8c7c6)cc54)c4ccccc43)n2)cc1. The second-order valence-electron chi connectivity index (χ2n) is 14.7. The molecule has 12 rings (SSSR count). The summed E-state index contributed by atoms with van der Waals surface area (Å²) >= 11 is 1.86. The van der Waals surface area contributed by atoms with Gasteiger partial charge in [-0.05, 0) is 80.9 Å². The molecule has 5 heteroatoms. The van der Waals surface area contributed by atoms with Gasteiger partial charge in [0.25, 0.3) is 0 Å². The monoisotopic (exact) mass is 744 g/mol. The van der Waals surface area contributed by atoms with Crippen molar-refractivity contribution in [2.24, 2.45) is 0 Å². The summed E-state index contributed by atoms with van der Waals surface area (Å²) in [6.07, 6.45) is 0. The molecule has 0 atom stereocenters. The molecule has 0 fully saturated rings. The lowest BCUT2D eigenvalue weighted by Gasteiger charge is -2.44. The van der Waals surface area contributed by atoms with Crippen molar-refractivity contribution in [3.8, 4) is 45.0 Å². The minimum absolute atomic E-state index is 0.578. The standard InChI is InChI=1S/C52H32N4S/c1-3-15-33(16-4-1)49-53-50(34-17-5-2-6-18-34)55-51(54-49)56-45-24-12-10-22-42(45)52(43-23-11-13-25-46(43)56)41-21-9-7-19-37(41)38-29-27-36(32-44(38)52)35-28-30-48-40(31-35)39-20-8-14-26-47(39)57-48/h1-32H. The third kappa shape index (κ3) is 4.70. The van der Waals surface area contributed by atoms with Crippen molar-refractivity contribution in [1.82, 2.24) is 15.0 Å². The number of benzene rings is 8. The molecule has 0 N–H and O–H groups in total. The van der Waals surface area contributed by atoms with Crippen LogP contribution < -0.4 is 4.90 Å². The van der Waals surface area contributed by atoms with E-state index in [0.717, 1.165) is 22.5 Å². The number of thiophene rings is 1. The Balaban J connectivity index is 1.11. The van der Waals surface area contributed by atoms with Crippen molar-refractivity contribution in [3.05, 3.63) is 216 Å². The third-order valence-electron chi connectivity index (χ3n) is 11.7. The maximum Gasteiger partial charge on any atom is 0.238 e. The molecule has 1 spiro atoms. The summed E-state index contributed by atoms with van der Waals surface area (Å²) < 4.78 is 2.63. The van der Waals surface area contributed by atoms with Gasteiger partial charge in [0.05, 0.1) is 16.8 Å². The van der Waals surface area contributed by atoms with Gasteiger partial charge in [0.1, 0.15) is 0 Å². The number of aromatic nitrogens is 3. The van der Waals surface area contributed by atoms with E-state index >= 15 is 0 Å². The average Bonchev–Trinajstić information content (AvgIpc) is 3.80. The summed E-state index contributed by atoms with van der Waals surface area (Å²) in [7, 11) is 0. The van der Waals surface area contributed by atoms with E-state index in [1.807, 2.05) is 47.7 Å². The van der Waals surface area contributed by atoms with E-state index in [4.69, 9.17) is 15.0 Å². The zero-order valence-electron chi connectivity index (χ0n) is 30.7. The highest BCUT2D eigenvalue weighted by molar-refractivity contribution is 7.25.